The third-order valence-corrected chi connectivity index (χ3v) is 5.57. The smallest absolute Gasteiger partial charge is 0.244 e. The van der Waals surface area contributed by atoms with Gasteiger partial charge in [-0.3, -0.25) is 4.31 Å². The van der Waals surface area contributed by atoms with E-state index in [1.807, 2.05) is 39.0 Å². The van der Waals surface area contributed by atoms with Crippen LogP contribution in [-0.4, -0.2) is 15.5 Å². The maximum Gasteiger partial charge on any atom is 0.244 e. The van der Waals surface area contributed by atoms with Crippen molar-refractivity contribution in [1.29, 1.82) is 0 Å². The molecule has 0 aromatic heterocycles. The van der Waals surface area contributed by atoms with Crippen molar-refractivity contribution >= 4 is 15.7 Å². The van der Waals surface area contributed by atoms with Gasteiger partial charge >= 0.3 is 0 Å². The highest BCUT2D eigenvalue weighted by molar-refractivity contribution is 7.94. The molecule has 1 aromatic carbocycles. The number of benzene rings is 1. The minimum Gasteiger partial charge on any atom is -0.272 e. The zero-order chi connectivity index (χ0) is 13.4. The summed E-state index contributed by atoms with van der Waals surface area (Å²) in [5.74, 6) is 0. The molecular formula is C13H21NO2S. The summed E-state index contributed by atoms with van der Waals surface area (Å²) in [7, 11) is -1.64. The van der Waals surface area contributed by atoms with Crippen LogP contribution in [0.5, 0.6) is 0 Å². The van der Waals surface area contributed by atoms with Crippen molar-refractivity contribution in [3.63, 3.8) is 0 Å². The van der Waals surface area contributed by atoms with Gasteiger partial charge in [0.1, 0.15) is 4.75 Å². The van der Waals surface area contributed by atoms with Crippen LogP contribution in [0.25, 0.3) is 0 Å². The second-order valence-electron chi connectivity index (χ2n) is 4.50. The molecule has 0 saturated heterocycles. The minimum atomic E-state index is -3.25. The van der Waals surface area contributed by atoms with Gasteiger partial charge in [0.15, 0.2) is 0 Å². The molecule has 4 heteroatoms. The number of hydrogen-bond donors (Lipinski definition) is 0. The first kappa shape index (κ1) is 14.0. The van der Waals surface area contributed by atoms with Crippen LogP contribution in [0.1, 0.15) is 38.8 Å². The molecular weight excluding hydrogens is 234 g/mol. The molecule has 0 fully saturated rings. The molecule has 1 heterocycles. The van der Waals surface area contributed by atoms with Crippen LogP contribution in [0.4, 0.5) is 5.69 Å². The summed E-state index contributed by atoms with van der Waals surface area (Å²) in [4.78, 5) is 0. The van der Waals surface area contributed by atoms with Gasteiger partial charge in [0, 0.05) is 7.05 Å². The van der Waals surface area contributed by atoms with E-state index in [0.717, 1.165) is 16.8 Å². The van der Waals surface area contributed by atoms with Gasteiger partial charge in [0.25, 0.3) is 0 Å². The van der Waals surface area contributed by atoms with Gasteiger partial charge in [-0.1, -0.05) is 31.5 Å². The molecule has 1 aliphatic heterocycles. The fourth-order valence-electron chi connectivity index (χ4n) is 2.02. The molecule has 3 nitrogen and oxygen atoms in total. The van der Waals surface area contributed by atoms with Crippen molar-refractivity contribution in [1.82, 2.24) is 0 Å². The van der Waals surface area contributed by atoms with Gasteiger partial charge in [-0.2, -0.15) is 0 Å². The zero-order valence-corrected chi connectivity index (χ0v) is 12.2. The second kappa shape index (κ2) is 4.33. The molecule has 0 atom stereocenters. The number of rotatable bonds is 0. The standard InChI is InChI=1S/C11H15NO2S.C2H6/c1-8-5-6-10-9(7-8)11(2,3)15(13,14)12(10)4;1-2/h5-7H,1-4H3;1-2H3. The molecule has 0 unspecified atom stereocenters. The topological polar surface area (TPSA) is 37.4 Å². The molecule has 96 valence electrons. The highest BCUT2D eigenvalue weighted by atomic mass is 32.2. The predicted octanol–water partition coefficient (Wildman–Crippen LogP) is 3.04. The maximum absolute atomic E-state index is 12.1. The number of nitrogens with zero attached hydrogens (tertiary/aromatic N) is 1. The Morgan fingerprint density at radius 2 is 1.71 bits per heavy atom. The summed E-state index contributed by atoms with van der Waals surface area (Å²) >= 11 is 0. The van der Waals surface area contributed by atoms with Crippen LogP contribution in [0.15, 0.2) is 18.2 Å². The lowest BCUT2D eigenvalue weighted by molar-refractivity contribution is 0.562. The number of hydrogen-bond acceptors (Lipinski definition) is 2. The predicted molar refractivity (Wildman–Crippen MR) is 72.9 cm³/mol. The average molecular weight is 255 g/mol. The largest absolute Gasteiger partial charge is 0.272 e. The molecule has 1 aliphatic rings. The summed E-state index contributed by atoms with van der Waals surface area (Å²) in [5, 5.41) is 0. The summed E-state index contributed by atoms with van der Waals surface area (Å²) in [6.45, 7) is 9.48. The first-order valence-electron chi connectivity index (χ1n) is 5.88. The summed E-state index contributed by atoms with van der Waals surface area (Å²) in [6, 6.07) is 5.76. The highest BCUT2D eigenvalue weighted by Crippen LogP contribution is 2.45. The minimum absolute atomic E-state index is 0.797. The quantitative estimate of drug-likeness (QED) is 0.714. The normalized spacial score (nSPS) is 19.3. The van der Waals surface area contributed by atoms with E-state index in [-0.39, 0.29) is 0 Å². The van der Waals surface area contributed by atoms with Crippen LogP contribution < -0.4 is 4.31 Å². The lowest BCUT2D eigenvalue weighted by Crippen LogP contribution is -2.33. The Morgan fingerprint density at radius 3 is 2.24 bits per heavy atom. The molecule has 17 heavy (non-hydrogen) atoms. The van der Waals surface area contributed by atoms with Crippen molar-refractivity contribution in [3.8, 4) is 0 Å². The highest BCUT2D eigenvalue weighted by Gasteiger charge is 2.47. The zero-order valence-electron chi connectivity index (χ0n) is 11.4. The van der Waals surface area contributed by atoms with Crippen LogP contribution in [0.2, 0.25) is 0 Å². The van der Waals surface area contributed by atoms with E-state index in [1.165, 1.54) is 4.31 Å². The third kappa shape index (κ3) is 1.84. The Bertz CT molecular complexity index is 518. The van der Waals surface area contributed by atoms with Gasteiger partial charge in [0.05, 0.1) is 5.69 Å². The van der Waals surface area contributed by atoms with E-state index in [1.54, 1.807) is 20.9 Å². The van der Waals surface area contributed by atoms with Gasteiger partial charge in [0.2, 0.25) is 10.0 Å². The number of sulfonamides is 1. The van der Waals surface area contributed by atoms with Crippen molar-refractivity contribution in [3.05, 3.63) is 29.3 Å². The number of fused-ring (bicyclic) bond motifs is 1. The molecule has 0 saturated carbocycles. The van der Waals surface area contributed by atoms with E-state index in [4.69, 9.17) is 0 Å². The fraction of sp³-hybridized carbons (Fsp3) is 0.538. The molecule has 1 aromatic rings. The van der Waals surface area contributed by atoms with Crippen molar-refractivity contribution in [2.24, 2.45) is 0 Å². The first-order chi connectivity index (χ1) is 7.78. The first-order valence-corrected chi connectivity index (χ1v) is 7.32. The lowest BCUT2D eigenvalue weighted by atomic mass is 9.98. The van der Waals surface area contributed by atoms with Crippen LogP contribution in [0.3, 0.4) is 0 Å². The van der Waals surface area contributed by atoms with E-state index in [0.29, 0.717) is 0 Å². The maximum atomic E-state index is 12.1. The molecule has 0 aliphatic carbocycles. The van der Waals surface area contributed by atoms with Crippen molar-refractivity contribution in [2.45, 2.75) is 39.4 Å². The monoisotopic (exact) mass is 255 g/mol. The molecule has 0 N–H and O–H groups in total. The van der Waals surface area contributed by atoms with Crippen LogP contribution in [0, 0.1) is 6.92 Å². The molecule has 0 radical (unpaired) electrons. The van der Waals surface area contributed by atoms with Crippen LogP contribution in [-0.2, 0) is 14.8 Å². The Balaban J connectivity index is 0.000000686. The Morgan fingerprint density at radius 1 is 1.18 bits per heavy atom. The summed E-state index contributed by atoms with van der Waals surface area (Å²) in [6.07, 6.45) is 0. The summed E-state index contributed by atoms with van der Waals surface area (Å²) in [5.41, 5.74) is 2.78. The average Bonchev–Trinajstić information content (AvgIpc) is 2.41. The van der Waals surface area contributed by atoms with Gasteiger partial charge in [-0.05, 0) is 32.4 Å². The van der Waals surface area contributed by atoms with Gasteiger partial charge in [-0.15, -0.1) is 0 Å². The molecule has 0 amide bonds. The van der Waals surface area contributed by atoms with Crippen LogP contribution >= 0.6 is 0 Å². The number of aryl methyl sites for hydroxylation is 1. The van der Waals surface area contributed by atoms with Crippen molar-refractivity contribution in [2.75, 3.05) is 11.4 Å². The summed E-state index contributed by atoms with van der Waals surface area (Å²) < 4.78 is 24.8. The molecule has 0 spiro atoms. The van der Waals surface area contributed by atoms with Gasteiger partial charge < -0.3 is 0 Å². The van der Waals surface area contributed by atoms with E-state index >= 15 is 0 Å². The van der Waals surface area contributed by atoms with E-state index in [2.05, 4.69) is 0 Å². The molecule has 2 rings (SSSR count). The fourth-order valence-corrected chi connectivity index (χ4v) is 3.56. The van der Waals surface area contributed by atoms with Gasteiger partial charge in [-0.25, -0.2) is 8.42 Å². The number of anilines is 1. The Hall–Kier alpha value is -1.03. The second-order valence-corrected chi connectivity index (χ2v) is 7.02. The SMILES string of the molecule is CC.Cc1ccc2c(c1)C(C)(C)S(=O)(=O)N2C. The lowest BCUT2D eigenvalue weighted by Gasteiger charge is -2.19. The van der Waals surface area contributed by atoms with Crippen molar-refractivity contribution < 1.29 is 8.42 Å². The molecule has 0 bridgehead atoms. The third-order valence-electron chi connectivity index (χ3n) is 3.15. The Labute approximate surface area is 105 Å². The van der Waals surface area contributed by atoms with E-state index < -0.39 is 14.8 Å². The Kier molecular flexibility index (Phi) is 3.58. The van der Waals surface area contributed by atoms with E-state index in [9.17, 15) is 8.42 Å².